The van der Waals surface area contributed by atoms with Gasteiger partial charge in [-0.15, -0.1) is 19.8 Å². The van der Waals surface area contributed by atoms with E-state index < -0.39 is 17.4 Å². The molecule has 7 heteroatoms. The minimum Gasteiger partial charge on any atom is -0.406 e. The Morgan fingerprint density at radius 3 is 2.33 bits per heavy atom. The molecule has 1 spiro atoms. The summed E-state index contributed by atoms with van der Waals surface area (Å²) in [5, 5.41) is 10.7. The number of aliphatic hydroxyl groups is 1. The van der Waals surface area contributed by atoms with Crippen molar-refractivity contribution in [2.24, 2.45) is 5.41 Å². The molecule has 4 nitrogen and oxygen atoms in total. The van der Waals surface area contributed by atoms with E-state index in [0.29, 0.717) is 50.8 Å². The Kier molecular flexibility index (Phi) is 5.25. The van der Waals surface area contributed by atoms with Crippen LogP contribution in [0.25, 0.3) is 0 Å². The van der Waals surface area contributed by atoms with Gasteiger partial charge < -0.3 is 14.7 Å². The van der Waals surface area contributed by atoms with E-state index in [1.54, 1.807) is 11.0 Å². The number of ether oxygens (including phenoxy) is 1. The average Bonchev–Trinajstić information content (AvgIpc) is 2.93. The summed E-state index contributed by atoms with van der Waals surface area (Å²) in [5.74, 6) is -0.310. The highest BCUT2D eigenvalue weighted by Gasteiger charge is 2.51. The molecule has 2 aliphatic rings. The summed E-state index contributed by atoms with van der Waals surface area (Å²) in [6.07, 6.45) is 1.58. The van der Waals surface area contributed by atoms with E-state index in [4.69, 9.17) is 0 Å². The summed E-state index contributed by atoms with van der Waals surface area (Å²) in [6, 6.07) is 5.38. The van der Waals surface area contributed by atoms with Gasteiger partial charge in [0.05, 0.1) is 11.0 Å². The van der Waals surface area contributed by atoms with Crippen molar-refractivity contribution in [3.8, 4) is 5.75 Å². The molecule has 0 aromatic heterocycles. The molecule has 0 bridgehead atoms. The van der Waals surface area contributed by atoms with E-state index >= 15 is 0 Å². The molecule has 1 saturated carbocycles. The third kappa shape index (κ3) is 4.29. The first-order valence-corrected chi connectivity index (χ1v) is 9.18. The van der Waals surface area contributed by atoms with Gasteiger partial charge >= 0.3 is 6.36 Å². The molecule has 1 N–H and O–H groups in total. The van der Waals surface area contributed by atoms with Crippen LogP contribution in [-0.2, 0) is 4.79 Å². The number of amides is 1. The Balaban J connectivity index is 1.66. The summed E-state index contributed by atoms with van der Waals surface area (Å²) in [7, 11) is 0. The van der Waals surface area contributed by atoms with Crippen LogP contribution in [0.5, 0.6) is 5.75 Å². The first-order chi connectivity index (χ1) is 12.7. The smallest absolute Gasteiger partial charge is 0.406 e. The molecule has 1 aromatic carbocycles. The summed E-state index contributed by atoms with van der Waals surface area (Å²) < 4.78 is 40.7. The molecular weight excluding hydrogens is 359 g/mol. The lowest BCUT2D eigenvalue weighted by atomic mass is 9.66. The molecule has 0 atom stereocenters. The lowest BCUT2D eigenvalue weighted by Crippen LogP contribution is -2.43. The molecule has 148 valence electrons. The zero-order chi connectivity index (χ0) is 19.7. The molecule has 1 aliphatic heterocycles. The quantitative estimate of drug-likeness (QED) is 0.758. The predicted molar refractivity (Wildman–Crippen MR) is 95.4 cm³/mol. The van der Waals surface area contributed by atoms with Gasteiger partial charge in [0.1, 0.15) is 5.75 Å². The second-order valence-electron chi connectivity index (χ2n) is 7.58. The lowest BCUT2D eigenvalue weighted by molar-refractivity contribution is -0.274. The molecule has 1 amide bonds. The molecule has 3 rings (SSSR count). The van der Waals surface area contributed by atoms with Crippen LogP contribution >= 0.6 is 0 Å². The Hall–Kier alpha value is -2.02. The van der Waals surface area contributed by atoms with Gasteiger partial charge in [-0.2, -0.15) is 0 Å². The van der Waals surface area contributed by atoms with Crippen molar-refractivity contribution in [3.05, 3.63) is 36.9 Å². The summed E-state index contributed by atoms with van der Waals surface area (Å²) in [6.45, 7) is 4.22. The Morgan fingerprint density at radius 2 is 1.78 bits per heavy atom. The normalized spacial score (nSPS) is 28.6. The van der Waals surface area contributed by atoms with E-state index in [1.807, 2.05) is 0 Å². The number of allylic oxidation sites excluding steroid dienone is 1. The molecular formula is C20H24F3NO3. The van der Waals surface area contributed by atoms with Gasteiger partial charge in [0.15, 0.2) is 0 Å². The highest BCUT2D eigenvalue weighted by atomic mass is 19.4. The zero-order valence-corrected chi connectivity index (χ0v) is 15.1. The van der Waals surface area contributed by atoms with Gasteiger partial charge in [0, 0.05) is 12.2 Å². The number of rotatable bonds is 5. The fourth-order valence-corrected chi connectivity index (χ4v) is 4.17. The monoisotopic (exact) mass is 383 g/mol. The molecule has 1 heterocycles. The minimum absolute atomic E-state index is 0.00207. The SMILES string of the molecule is C=CCC[C@]1(O)CC[C@@]2(CCN(c3ccc(OC(F)(F)F)cc3)C2=O)CC1. The second-order valence-corrected chi connectivity index (χ2v) is 7.58. The number of hydrogen-bond acceptors (Lipinski definition) is 3. The third-order valence-corrected chi connectivity index (χ3v) is 5.85. The third-order valence-electron chi connectivity index (χ3n) is 5.85. The Bertz CT molecular complexity index is 691. The van der Waals surface area contributed by atoms with Crippen LogP contribution < -0.4 is 9.64 Å². The maximum atomic E-state index is 13.0. The summed E-state index contributed by atoms with van der Waals surface area (Å²) in [5.41, 5.74) is -0.635. The standard InChI is InChI=1S/C20H24F3NO3/c1-2-3-8-19(26)11-9-18(10-12-19)13-14-24(17(18)25)15-4-6-16(7-5-15)27-20(21,22)23/h2,4-7,26H,1,3,8-14H2/t18-,19-. The van der Waals surface area contributed by atoms with Crippen molar-refractivity contribution in [1.82, 2.24) is 0 Å². The number of benzene rings is 1. The van der Waals surface area contributed by atoms with E-state index in [9.17, 15) is 23.1 Å². The fraction of sp³-hybridized carbons (Fsp3) is 0.550. The zero-order valence-electron chi connectivity index (χ0n) is 15.1. The van der Waals surface area contributed by atoms with Crippen molar-refractivity contribution in [2.75, 3.05) is 11.4 Å². The fourth-order valence-electron chi connectivity index (χ4n) is 4.17. The van der Waals surface area contributed by atoms with Crippen LogP contribution in [0.1, 0.15) is 44.9 Å². The van der Waals surface area contributed by atoms with Crippen molar-refractivity contribution >= 4 is 11.6 Å². The number of anilines is 1. The molecule has 27 heavy (non-hydrogen) atoms. The molecule has 1 aliphatic carbocycles. The number of hydrogen-bond donors (Lipinski definition) is 1. The van der Waals surface area contributed by atoms with Crippen LogP contribution in [0.15, 0.2) is 36.9 Å². The first-order valence-electron chi connectivity index (χ1n) is 9.18. The van der Waals surface area contributed by atoms with Gasteiger partial charge in [0.2, 0.25) is 5.91 Å². The number of alkyl halides is 3. The predicted octanol–water partition coefficient (Wildman–Crippen LogP) is 4.58. The highest BCUT2D eigenvalue weighted by Crippen LogP contribution is 2.49. The molecule has 2 fully saturated rings. The Labute approximate surface area is 156 Å². The van der Waals surface area contributed by atoms with Crippen LogP contribution in [0.4, 0.5) is 18.9 Å². The van der Waals surface area contributed by atoms with Gasteiger partial charge in [-0.1, -0.05) is 6.08 Å². The van der Waals surface area contributed by atoms with E-state index in [2.05, 4.69) is 11.3 Å². The number of halogens is 3. The largest absolute Gasteiger partial charge is 0.573 e. The second kappa shape index (κ2) is 7.19. The molecule has 1 saturated heterocycles. The van der Waals surface area contributed by atoms with Crippen LogP contribution in [-0.4, -0.2) is 29.5 Å². The number of carbonyl (C=O) groups is 1. The van der Waals surface area contributed by atoms with Gasteiger partial charge in [0.25, 0.3) is 0 Å². The number of nitrogens with zero attached hydrogens (tertiary/aromatic N) is 1. The lowest BCUT2D eigenvalue weighted by Gasteiger charge is -2.41. The van der Waals surface area contributed by atoms with Crippen molar-refractivity contribution in [3.63, 3.8) is 0 Å². The summed E-state index contributed by atoms with van der Waals surface area (Å²) in [4.78, 5) is 14.7. The molecule has 1 aromatic rings. The van der Waals surface area contributed by atoms with Crippen molar-refractivity contribution in [2.45, 2.75) is 56.9 Å². The number of carbonyl (C=O) groups excluding carboxylic acids is 1. The minimum atomic E-state index is -4.74. The topological polar surface area (TPSA) is 49.8 Å². The van der Waals surface area contributed by atoms with Gasteiger partial charge in [-0.05, 0) is 69.2 Å². The van der Waals surface area contributed by atoms with Crippen LogP contribution in [0, 0.1) is 5.41 Å². The van der Waals surface area contributed by atoms with Crippen molar-refractivity contribution < 1.29 is 27.8 Å². The van der Waals surface area contributed by atoms with Gasteiger partial charge in [-0.3, -0.25) is 4.79 Å². The van der Waals surface area contributed by atoms with Gasteiger partial charge in [-0.25, -0.2) is 0 Å². The first kappa shape index (κ1) is 19.7. The maximum absolute atomic E-state index is 13.0. The Morgan fingerprint density at radius 1 is 1.15 bits per heavy atom. The van der Waals surface area contributed by atoms with E-state index in [-0.39, 0.29) is 11.7 Å². The van der Waals surface area contributed by atoms with E-state index in [0.717, 1.165) is 6.42 Å². The average molecular weight is 383 g/mol. The molecule has 0 unspecified atom stereocenters. The van der Waals surface area contributed by atoms with Crippen LogP contribution in [0.3, 0.4) is 0 Å². The highest BCUT2D eigenvalue weighted by molar-refractivity contribution is 6.00. The van der Waals surface area contributed by atoms with Crippen LogP contribution in [0.2, 0.25) is 0 Å². The van der Waals surface area contributed by atoms with E-state index in [1.165, 1.54) is 24.3 Å². The van der Waals surface area contributed by atoms with Crippen molar-refractivity contribution in [1.29, 1.82) is 0 Å². The molecule has 0 radical (unpaired) electrons. The summed E-state index contributed by atoms with van der Waals surface area (Å²) >= 11 is 0. The maximum Gasteiger partial charge on any atom is 0.573 e.